The molecule has 4 nitrogen and oxygen atoms in total. The van der Waals surface area contributed by atoms with E-state index in [1.165, 1.54) is 5.57 Å². The number of hydrogen-bond acceptors (Lipinski definition) is 3. The van der Waals surface area contributed by atoms with Crippen LogP contribution >= 0.6 is 0 Å². The minimum absolute atomic E-state index is 0.259. The fraction of sp³-hybridized carbons (Fsp3) is 0.421. The second-order valence-electron chi connectivity index (χ2n) is 6.91. The second-order valence-corrected chi connectivity index (χ2v) is 6.91. The van der Waals surface area contributed by atoms with Crippen molar-refractivity contribution in [3.05, 3.63) is 41.5 Å². The van der Waals surface area contributed by atoms with E-state index in [-0.39, 0.29) is 6.09 Å². The summed E-state index contributed by atoms with van der Waals surface area (Å²) < 4.78 is 5.42. The highest BCUT2D eigenvalue weighted by Gasteiger charge is 2.24. The zero-order valence-corrected chi connectivity index (χ0v) is 14.5. The number of nitrogens with two attached hydrogens (primary N) is 1. The van der Waals surface area contributed by atoms with Gasteiger partial charge in [-0.25, -0.2) is 4.79 Å². The highest BCUT2D eigenvalue weighted by Crippen LogP contribution is 2.30. The maximum atomic E-state index is 12.1. The zero-order valence-electron chi connectivity index (χ0n) is 14.5. The molecule has 124 valence electrons. The average Bonchev–Trinajstić information content (AvgIpc) is 2.48. The molecule has 0 atom stereocenters. The van der Waals surface area contributed by atoms with Crippen LogP contribution in [0.5, 0.6) is 0 Å². The normalized spacial score (nSPS) is 15.1. The minimum atomic E-state index is -0.467. The number of ether oxygens (including phenoxy) is 1. The summed E-state index contributed by atoms with van der Waals surface area (Å²) in [7, 11) is 0. The van der Waals surface area contributed by atoms with E-state index < -0.39 is 5.60 Å². The third-order valence-corrected chi connectivity index (χ3v) is 3.86. The van der Waals surface area contributed by atoms with Gasteiger partial charge in [0.25, 0.3) is 0 Å². The summed E-state index contributed by atoms with van der Waals surface area (Å²) in [6.45, 7) is 12.7. The number of rotatable bonds is 2. The van der Waals surface area contributed by atoms with Crippen LogP contribution in [0, 0.1) is 6.92 Å². The Morgan fingerprint density at radius 1 is 1.39 bits per heavy atom. The van der Waals surface area contributed by atoms with Crippen molar-refractivity contribution >= 4 is 23.4 Å². The lowest BCUT2D eigenvalue weighted by Gasteiger charge is -2.30. The van der Waals surface area contributed by atoms with Gasteiger partial charge in [-0.15, -0.1) is 0 Å². The Morgan fingerprint density at radius 2 is 2.09 bits per heavy atom. The number of nitrogens with zero attached hydrogens (tertiary/aromatic N) is 1. The molecule has 2 rings (SSSR count). The summed E-state index contributed by atoms with van der Waals surface area (Å²) in [6.07, 6.45) is 4.45. The van der Waals surface area contributed by atoms with Gasteiger partial charge in [0, 0.05) is 18.8 Å². The summed E-state index contributed by atoms with van der Waals surface area (Å²) in [5.74, 6) is 0. The van der Waals surface area contributed by atoms with E-state index in [4.69, 9.17) is 10.5 Å². The van der Waals surface area contributed by atoms with Crippen LogP contribution in [0.25, 0.3) is 11.6 Å². The van der Waals surface area contributed by atoms with E-state index in [2.05, 4.69) is 18.7 Å². The van der Waals surface area contributed by atoms with Crippen molar-refractivity contribution in [3.63, 3.8) is 0 Å². The SMILES string of the molecule is C=Cc1cc(N)c(C)cc1C1=CCN(C(=O)OC(C)(C)C)CC1. The zero-order chi connectivity index (χ0) is 17.2. The Labute approximate surface area is 138 Å². The van der Waals surface area contributed by atoms with Crippen molar-refractivity contribution in [1.29, 1.82) is 0 Å². The third-order valence-electron chi connectivity index (χ3n) is 3.86. The van der Waals surface area contributed by atoms with Gasteiger partial charge in [0.05, 0.1) is 0 Å². The molecule has 4 heteroatoms. The molecule has 0 spiro atoms. The molecule has 0 saturated carbocycles. The molecule has 1 amide bonds. The molecule has 23 heavy (non-hydrogen) atoms. The molecule has 0 bridgehead atoms. The topological polar surface area (TPSA) is 55.6 Å². The Bertz CT molecular complexity index is 654. The largest absolute Gasteiger partial charge is 0.444 e. The van der Waals surface area contributed by atoms with Crippen LogP contribution in [-0.4, -0.2) is 29.7 Å². The smallest absolute Gasteiger partial charge is 0.410 e. The summed E-state index contributed by atoms with van der Waals surface area (Å²) in [4.78, 5) is 13.8. The van der Waals surface area contributed by atoms with Crippen LogP contribution < -0.4 is 5.73 Å². The van der Waals surface area contributed by atoms with Crippen LogP contribution in [0.2, 0.25) is 0 Å². The molecular formula is C19H26N2O2. The Hall–Kier alpha value is -2.23. The van der Waals surface area contributed by atoms with Crippen LogP contribution in [0.3, 0.4) is 0 Å². The van der Waals surface area contributed by atoms with Crippen LogP contribution in [-0.2, 0) is 4.74 Å². The molecule has 0 fully saturated rings. The van der Waals surface area contributed by atoms with E-state index in [0.717, 1.165) is 28.8 Å². The van der Waals surface area contributed by atoms with Crippen molar-refractivity contribution in [3.8, 4) is 0 Å². The van der Waals surface area contributed by atoms with Gasteiger partial charge in [0.15, 0.2) is 0 Å². The summed E-state index contributed by atoms with van der Waals surface area (Å²) in [5.41, 5.74) is 10.7. The second kappa shape index (κ2) is 6.49. The monoisotopic (exact) mass is 314 g/mol. The fourth-order valence-electron chi connectivity index (χ4n) is 2.60. The first-order valence-corrected chi connectivity index (χ1v) is 7.91. The summed E-state index contributed by atoms with van der Waals surface area (Å²) in [6, 6.07) is 4.06. The highest BCUT2D eigenvalue weighted by molar-refractivity contribution is 5.79. The number of nitrogen functional groups attached to an aromatic ring is 1. The number of amides is 1. The number of benzene rings is 1. The average molecular weight is 314 g/mol. The van der Waals surface area contributed by atoms with E-state index in [9.17, 15) is 4.79 Å². The van der Waals surface area contributed by atoms with Crippen LogP contribution in [0.1, 0.15) is 43.9 Å². The number of anilines is 1. The maximum Gasteiger partial charge on any atom is 0.410 e. The molecular weight excluding hydrogens is 288 g/mol. The van der Waals surface area contributed by atoms with Gasteiger partial charge >= 0.3 is 6.09 Å². The van der Waals surface area contributed by atoms with Gasteiger partial charge in [-0.1, -0.05) is 18.7 Å². The molecule has 0 aliphatic carbocycles. The first kappa shape index (κ1) is 17.1. The lowest BCUT2D eigenvalue weighted by Crippen LogP contribution is -2.39. The molecule has 1 heterocycles. The van der Waals surface area contributed by atoms with Gasteiger partial charge < -0.3 is 15.4 Å². The molecule has 0 unspecified atom stereocenters. The predicted molar refractivity (Wildman–Crippen MR) is 96.1 cm³/mol. The van der Waals surface area contributed by atoms with Gasteiger partial charge in [0.1, 0.15) is 5.60 Å². The Morgan fingerprint density at radius 3 is 2.61 bits per heavy atom. The molecule has 0 aromatic heterocycles. The van der Waals surface area contributed by atoms with Crippen LogP contribution in [0.4, 0.5) is 10.5 Å². The first-order chi connectivity index (χ1) is 10.7. The van der Waals surface area contributed by atoms with Gasteiger partial charge in [-0.2, -0.15) is 0 Å². The molecule has 0 radical (unpaired) electrons. The van der Waals surface area contributed by atoms with Crippen LogP contribution in [0.15, 0.2) is 24.8 Å². The van der Waals surface area contributed by atoms with Crippen molar-refractivity contribution in [2.75, 3.05) is 18.8 Å². The van der Waals surface area contributed by atoms with Gasteiger partial charge in [-0.05, 0) is 68.5 Å². The summed E-state index contributed by atoms with van der Waals surface area (Å²) in [5, 5.41) is 0. The molecule has 1 aromatic carbocycles. The fourth-order valence-corrected chi connectivity index (χ4v) is 2.60. The minimum Gasteiger partial charge on any atom is -0.444 e. The van der Waals surface area contributed by atoms with E-state index >= 15 is 0 Å². The standard InChI is InChI=1S/C19H26N2O2/c1-6-14-12-17(20)13(2)11-16(14)15-7-9-21(10-8-15)18(22)23-19(3,4)5/h6-7,11-12H,1,8-10,20H2,2-5H3. The number of aryl methyl sites for hydroxylation is 1. The molecule has 1 aliphatic heterocycles. The lowest BCUT2D eigenvalue weighted by molar-refractivity contribution is 0.0270. The van der Waals surface area contributed by atoms with Crippen molar-refractivity contribution in [2.45, 2.75) is 39.7 Å². The molecule has 1 aromatic rings. The van der Waals surface area contributed by atoms with E-state index in [1.807, 2.05) is 39.8 Å². The van der Waals surface area contributed by atoms with Gasteiger partial charge in [0.2, 0.25) is 0 Å². The molecule has 0 saturated heterocycles. The van der Waals surface area contributed by atoms with Crippen molar-refractivity contribution < 1.29 is 9.53 Å². The van der Waals surface area contributed by atoms with Gasteiger partial charge in [-0.3, -0.25) is 0 Å². The number of carbonyl (C=O) groups excluding carboxylic acids is 1. The van der Waals surface area contributed by atoms with E-state index in [1.54, 1.807) is 4.90 Å². The Balaban J connectivity index is 2.18. The quantitative estimate of drug-likeness (QED) is 0.830. The van der Waals surface area contributed by atoms with E-state index in [0.29, 0.717) is 13.1 Å². The number of hydrogen-bond donors (Lipinski definition) is 1. The third kappa shape index (κ3) is 4.15. The maximum absolute atomic E-state index is 12.1. The van der Waals surface area contributed by atoms with Crippen molar-refractivity contribution in [1.82, 2.24) is 4.90 Å². The molecule has 2 N–H and O–H groups in total. The molecule has 1 aliphatic rings. The van der Waals surface area contributed by atoms with Crippen molar-refractivity contribution in [2.24, 2.45) is 0 Å². The first-order valence-electron chi connectivity index (χ1n) is 7.91. The summed E-state index contributed by atoms with van der Waals surface area (Å²) >= 11 is 0. The predicted octanol–water partition coefficient (Wildman–Crippen LogP) is 4.24. The Kier molecular flexibility index (Phi) is 4.83. The number of carbonyl (C=O) groups is 1. The lowest BCUT2D eigenvalue weighted by atomic mass is 9.92. The highest BCUT2D eigenvalue weighted by atomic mass is 16.6.